The Labute approximate surface area is 865 Å². The number of para-hydroxylation sites is 2. The minimum atomic E-state index is -1.16. The van der Waals surface area contributed by atoms with Crippen LogP contribution in [0.1, 0.15) is 173 Å². The molecule has 0 heterocycles. The Morgan fingerprint density at radius 2 is 0.718 bits per heavy atom. The van der Waals surface area contributed by atoms with Gasteiger partial charge in [-0.15, -0.1) is 0 Å². The van der Waals surface area contributed by atoms with Gasteiger partial charge in [0, 0.05) is 116 Å². The van der Waals surface area contributed by atoms with Crippen molar-refractivity contribution in [2.75, 3.05) is 36.3 Å². The van der Waals surface area contributed by atoms with Crippen LogP contribution in [0, 0.1) is 0 Å². The maximum absolute atomic E-state index is 13.7. The van der Waals surface area contributed by atoms with Gasteiger partial charge in [-0.3, -0.25) is 57.5 Å². The van der Waals surface area contributed by atoms with Crippen molar-refractivity contribution in [3.05, 3.63) is 309 Å². The quantitative estimate of drug-likeness (QED) is 0.00441. The third-order valence-corrected chi connectivity index (χ3v) is 18.8. The lowest BCUT2D eigenvalue weighted by Gasteiger charge is -2.23. The van der Waals surface area contributed by atoms with E-state index in [0.717, 1.165) is 41.4 Å². The van der Waals surface area contributed by atoms with E-state index in [1.807, 2.05) is 0 Å². The molecule has 9 rings (SSSR count). The zero-order valence-corrected chi connectivity index (χ0v) is 83.8. The van der Waals surface area contributed by atoms with E-state index in [1.54, 1.807) is 169 Å². The van der Waals surface area contributed by atoms with E-state index in [-0.39, 0.29) is 121 Å². The molecule has 40 heteroatoms. The summed E-state index contributed by atoms with van der Waals surface area (Å²) >= 11 is 11.9. The van der Waals surface area contributed by atoms with Crippen molar-refractivity contribution in [1.82, 2.24) is 5.32 Å². The van der Waals surface area contributed by atoms with Crippen molar-refractivity contribution in [2.24, 2.45) is 0 Å². The van der Waals surface area contributed by atoms with Crippen LogP contribution < -0.4 is 49.3 Å². The second-order valence-corrected chi connectivity index (χ2v) is 33.8. The maximum atomic E-state index is 13.7. The number of rotatable bonds is 40. The number of unbranched alkanes of at least 4 members (excludes halogenated alkanes) is 1. The minimum Gasteiger partial charge on any atom is -0.481 e. The number of methoxy groups -OCH3 is 2. The predicted molar refractivity (Wildman–Crippen MR) is 547 cm³/mol. The molecule has 0 aliphatic heterocycles. The lowest BCUT2D eigenvalue weighted by Crippen LogP contribution is -2.37. The highest BCUT2D eigenvalue weighted by molar-refractivity contribution is 6.31. The second kappa shape index (κ2) is 63.2. The van der Waals surface area contributed by atoms with E-state index in [0.29, 0.717) is 79.6 Å². The number of carbonyl (C=O) groups is 19. The Morgan fingerprint density at radius 1 is 0.342 bits per heavy atom. The van der Waals surface area contributed by atoms with Crippen molar-refractivity contribution in [3.63, 3.8) is 0 Å². The molecular formula is C109H108Cl2N4O34. The Kier molecular flexibility index (Phi) is 51.5. The van der Waals surface area contributed by atoms with Crippen molar-refractivity contribution in [1.29, 1.82) is 0 Å². The Morgan fingerprint density at radius 3 is 1.13 bits per heavy atom. The average Bonchev–Trinajstić information content (AvgIpc) is 0.785. The van der Waals surface area contributed by atoms with Gasteiger partial charge >= 0.3 is 89.7 Å². The molecule has 0 saturated heterocycles. The highest BCUT2D eigenvalue weighted by Crippen LogP contribution is 2.34. The molecule has 8 N–H and O–H groups in total. The highest BCUT2D eigenvalue weighted by Gasteiger charge is 2.32. The van der Waals surface area contributed by atoms with Crippen LogP contribution in [0.5, 0.6) is 34.5 Å². The number of ether oxygens (including phenoxy) is 10. The molecule has 0 bridgehead atoms. The third kappa shape index (κ3) is 51.1. The van der Waals surface area contributed by atoms with E-state index in [2.05, 4.69) is 25.4 Å². The lowest BCUT2D eigenvalue weighted by molar-refractivity contribution is -0.155. The van der Waals surface area contributed by atoms with Crippen molar-refractivity contribution >= 4 is 184 Å². The van der Waals surface area contributed by atoms with Crippen LogP contribution in [0.2, 0.25) is 10.0 Å². The van der Waals surface area contributed by atoms with Crippen LogP contribution >= 0.6 is 23.2 Å². The molecular weight excluding hydrogens is 1980 g/mol. The highest BCUT2D eigenvalue weighted by atomic mass is 35.5. The zero-order chi connectivity index (χ0) is 110. The molecule has 0 fully saturated rings. The first-order valence-corrected chi connectivity index (χ1v) is 45.8. The third-order valence-electron chi connectivity index (χ3n) is 18.3. The number of carboxylic acid groups (broad SMARTS) is 5. The summed E-state index contributed by atoms with van der Waals surface area (Å²) in [5.74, 6) is -12.9. The minimum absolute atomic E-state index is 0.0140. The largest absolute Gasteiger partial charge is 0.481 e. The molecule has 0 aliphatic carbocycles. The number of imide groups is 1. The number of hydrogen-bond donors (Lipinski definition) is 8. The molecule has 0 saturated carbocycles. The van der Waals surface area contributed by atoms with Crippen molar-refractivity contribution < 1.29 is 164 Å². The number of nitrogens with zero attached hydrogens (tertiary/aromatic N) is 1. The van der Waals surface area contributed by atoms with Crippen LogP contribution in [0.25, 0.3) is 30.4 Å². The molecule has 9 aromatic rings. The van der Waals surface area contributed by atoms with Gasteiger partial charge in [-0.1, -0.05) is 120 Å². The number of amides is 5. The van der Waals surface area contributed by atoms with Gasteiger partial charge in [0.05, 0.1) is 43.9 Å². The summed E-state index contributed by atoms with van der Waals surface area (Å²) in [7, 11) is 2.48. The number of esters is 9. The van der Waals surface area contributed by atoms with Crippen molar-refractivity contribution in [2.45, 2.75) is 137 Å². The summed E-state index contributed by atoms with van der Waals surface area (Å²) < 4.78 is 51.3. The van der Waals surface area contributed by atoms with Gasteiger partial charge in [0.1, 0.15) is 22.7 Å². The monoisotopic (exact) mass is 2090 g/mol. The van der Waals surface area contributed by atoms with Gasteiger partial charge in [-0.2, -0.15) is 0 Å². The molecule has 0 unspecified atom stereocenters. The number of benzene rings is 9. The SMILES string of the molecule is CC(=O)Oc1ccccc1C(=O)N(C(=O)c1ccccc1OC(C)=O)c1ccc(/C=C/C(=O)O)cc1.CC(C)(C)OC(=O)CCCCC(=O)Oc1ccc(/C=C/C(=O)O)cc1OC(=O)CCCNC(=O)OC(C)(C)C.COC(=O)/C=C/C(=O)Nc1ccc(/C=C/C(=O)O)cc1.COC(=O)/C=C/c1ccc(OC(=O)Cc2cccc(Cl)c2)c(OC(=O)Cc2cccc(Cl)c2)c1.O=C(O)/C=C/c1ccc(NC(=O)CCCC(=O)O)cc1. The number of hydrogen-bond acceptors (Lipinski definition) is 29. The van der Waals surface area contributed by atoms with E-state index < -0.39 is 113 Å². The molecule has 0 spiro atoms. The predicted octanol–water partition coefficient (Wildman–Crippen LogP) is 17.8. The number of carbonyl (C=O) groups excluding carboxylic acids is 14. The summed E-state index contributed by atoms with van der Waals surface area (Å²) in [5.41, 5.74) is 4.11. The number of alkyl carbamates (subject to hydrolysis) is 1. The standard InChI is InChI=1S/C28H39NO10.C27H21NO8.C26H20Cl2O6.C14H13NO5.C14H15NO5/c1-27(2,3)38-25(34)11-8-7-10-23(32)36-20-15-13-19(14-16-22(30)31)18-21(20)37-24(33)12-9-17-29-26(35)39-28(4,5)6;1-17(29)35-23-9-5-3-7-21(23)26(33)28(20-14-11-19(12-15-20)13-16-25(31)32)27(34)22-8-4-6-10-24(22)36-18(2)30;1-32-24(29)11-9-17-8-10-22(33-25(30)15-18-4-2-6-20(27)12-18)23(14-17)34-26(31)16-19-5-3-7-21(28)13-19;1-20-14(19)9-7-12(16)15-11-5-2-10(3-6-11)4-8-13(17)18;16-12(2-1-3-13(17)18)15-11-7-4-10(5-8-11)6-9-14(19)20/h13-16,18H,7-12,17H2,1-6H3,(H,29,35)(H,30,31);3-16H,1-2H3,(H,31,32);2-14H,15-16H2,1H3;2-9H,1H3,(H,15,16)(H,17,18);4-9H,1-3H2,(H,15,16)(H,17,18)(H,19,20)/b16-14+;16-13+;11-9+;8-4+,9-7+;9-6+. The first kappa shape index (κ1) is 121. The number of aliphatic carboxylic acids is 5. The number of halogens is 2. The zero-order valence-electron chi connectivity index (χ0n) is 82.3. The number of nitrogens with one attached hydrogen (secondary N) is 3. The first-order chi connectivity index (χ1) is 70.5. The Balaban J connectivity index is 0.000000335. The van der Waals surface area contributed by atoms with Crippen LogP contribution in [-0.4, -0.2) is 171 Å². The summed E-state index contributed by atoms with van der Waals surface area (Å²) in [4.78, 5) is 223. The molecule has 0 atom stereocenters. The fourth-order valence-corrected chi connectivity index (χ4v) is 12.3. The molecule has 9 aromatic carbocycles. The summed E-state index contributed by atoms with van der Waals surface area (Å²) in [5, 5.41) is 51.8. The van der Waals surface area contributed by atoms with Crippen LogP contribution in [-0.2, 0) is 109 Å². The average molecular weight is 2090 g/mol. The Hall–Kier alpha value is -18.1. The summed E-state index contributed by atoms with van der Waals surface area (Å²) in [6.45, 7) is 13.1. The topological polar surface area (TPSA) is 557 Å². The van der Waals surface area contributed by atoms with Crippen LogP contribution in [0.4, 0.5) is 21.9 Å². The summed E-state index contributed by atoms with van der Waals surface area (Å²) in [6.07, 6.45) is 15.2. The maximum Gasteiger partial charge on any atom is 0.407 e. The van der Waals surface area contributed by atoms with E-state index in [9.17, 15) is 91.1 Å². The molecule has 0 aromatic heterocycles. The van der Waals surface area contributed by atoms with Gasteiger partial charge in [-0.25, -0.2) is 38.5 Å². The van der Waals surface area contributed by atoms with Crippen molar-refractivity contribution in [3.8, 4) is 34.5 Å². The fourth-order valence-electron chi connectivity index (χ4n) is 11.9. The lowest BCUT2D eigenvalue weighted by atomic mass is 10.1. The fraction of sp³-hybridized carbons (Fsp3) is 0.220. The number of anilines is 3. The van der Waals surface area contributed by atoms with E-state index >= 15 is 0 Å². The molecule has 149 heavy (non-hydrogen) atoms. The first-order valence-electron chi connectivity index (χ1n) is 45.0. The van der Waals surface area contributed by atoms with Crippen LogP contribution in [0.3, 0.4) is 0 Å². The molecule has 5 amide bonds. The molecule has 0 radical (unpaired) electrons. The second-order valence-electron chi connectivity index (χ2n) is 32.9. The van der Waals surface area contributed by atoms with Gasteiger partial charge in [-0.05, 0) is 246 Å². The molecule has 38 nitrogen and oxygen atoms in total. The van der Waals surface area contributed by atoms with E-state index in [1.165, 1.54) is 143 Å². The van der Waals surface area contributed by atoms with Gasteiger partial charge in [0.2, 0.25) is 11.8 Å². The summed E-state index contributed by atoms with van der Waals surface area (Å²) in [6, 6.07) is 53.6. The van der Waals surface area contributed by atoms with E-state index in [4.69, 9.17) is 86.6 Å². The molecule has 0 aliphatic rings. The van der Waals surface area contributed by atoms with Crippen LogP contribution in [0.15, 0.2) is 249 Å². The molecule has 782 valence electrons. The Bertz CT molecular complexity index is 6390. The van der Waals surface area contributed by atoms with Gasteiger partial charge < -0.3 is 88.9 Å². The normalized spacial score (nSPS) is 10.8. The number of carboxylic acids is 5. The van der Waals surface area contributed by atoms with Gasteiger partial charge in [0.25, 0.3) is 11.8 Å². The van der Waals surface area contributed by atoms with Gasteiger partial charge in [0.15, 0.2) is 23.0 Å². The smallest absolute Gasteiger partial charge is 0.407 e.